The molecule has 0 saturated carbocycles. The van der Waals surface area contributed by atoms with Crippen molar-refractivity contribution in [1.82, 2.24) is 4.98 Å². The number of hydrogen-bond acceptors (Lipinski definition) is 4. The van der Waals surface area contributed by atoms with Crippen LogP contribution in [0.25, 0.3) is 22.2 Å². The molecule has 1 N–H and O–H groups in total. The maximum Gasteiger partial charge on any atom is 0.338 e. The van der Waals surface area contributed by atoms with E-state index < -0.39 is 0 Å². The standard InChI is InChI=1S/C26H21ClN2O3/c1-2-15-32-26(31)18-9-13-20(14-10-18)28-25(30)22-16-24(17-7-11-19(27)12-8-17)29-23-6-4-3-5-21(22)23/h3-14,16H,2,15H2,1H3,(H,28,30). The molecule has 160 valence electrons. The predicted molar refractivity (Wildman–Crippen MR) is 127 cm³/mol. The van der Waals surface area contributed by atoms with Gasteiger partial charge in [0.1, 0.15) is 0 Å². The molecule has 0 atom stereocenters. The van der Waals surface area contributed by atoms with E-state index in [1.165, 1.54) is 0 Å². The Morgan fingerprint density at radius 3 is 2.41 bits per heavy atom. The van der Waals surface area contributed by atoms with E-state index in [4.69, 9.17) is 21.3 Å². The first-order chi connectivity index (χ1) is 15.5. The van der Waals surface area contributed by atoms with Crippen LogP contribution in [-0.2, 0) is 4.74 Å². The average Bonchev–Trinajstić information content (AvgIpc) is 2.82. The summed E-state index contributed by atoms with van der Waals surface area (Å²) in [6, 6.07) is 23.3. The van der Waals surface area contributed by atoms with E-state index in [2.05, 4.69) is 5.32 Å². The molecule has 1 amide bonds. The van der Waals surface area contributed by atoms with Crippen molar-refractivity contribution >= 4 is 40.1 Å². The first-order valence-corrected chi connectivity index (χ1v) is 10.7. The molecule has 0 spiro atoms. The van der Waals surface area contributed by atoms with Gasteiger partial charge in [-0.3, -0.25) is 4.79 Å². The largest absolute Gasteiger partial charge is 0.462 e. The Labute approximate surface area is 191 Å². The minimum atomic E-state index is -0.377. The number of amides is 1. The summed E-state index contributed by atoms with van der Waals surface area (Å²) < 4.78 is 5.14. The second-order valence-corrected chi connectivity index (χ2v) is 7.68. The number of fused-ring (bicyclic) bond motifs is 1. The van der Waals surface area contributed by atoms with Gasteiger partial charge in [-0.25, -0.2) is 9.78 Å². The lowest BCUT2D eigenvalue weighted by molar-refractivity contribution is 0.0505. The predicted octanol–water partition coefficient (Wildman–Crippen LogP) is 6.37. The van der Waals surface area contributed by atoms with Crippen molar-refractivity contribution in [1.29, 1.82) is 0 Å². The summed E-state index contributed by atoms with van der Waals surface area (Å²) in [5, 5.41) is 4.29. The molecule has 0 saturated heterocycles. The van der Waals surface area contributed by atoms with E-state index >= 15 is 0 Å². The molecule has 5 nitrogen and oxygen atoms in total. The molecule has 4 rings (SSSR count). The quantitative estimate of drug-likeness (QED) is 0.350. The van der Waals surface area contributed by atoms with E-state index in [-0.39, 0.29) is 11.9 Å². The molecule has 4 aromatic rings. The number of para-hydroxylation sites is 1. The van der Waals surface area contributed by atoms with Crippen molar-refractivity contribution in [3.63, 3.8) is 0 Å². The van der Waals surface area contributed by atoms with Gasteiger partial charge in [0.05, 0.1) is 28.9 Å². The van der Waals surface area contributed by atoms with E-state index in [0.717, 1.165) is 22.9 Å². The van der Waals surface area contributed by atoms with Crippen LogP contribution in [0.5, 0.6) is 0 Å². The number of carbonyl (C=O) groups is 2. The lowest BCUT2D eigenvalue weighted by Gasteiger charge is -2.11. The van der Waals surface area contributed by atoms with Gasteiger partial charge >= 0.3 is 5.97 Å². The van der Waals surface area contributed by atoms with Gasteiger partial charge in [-0.15, -0.1) is 0 Å². The van der Waals surface area contributed by atoms with E-state index in [9.17, 15) is 9.59 Å². The topological polar surface area (TPSA) is 68.3 Å². The number of carbonyl (C=O) groups excluding carboxylic acids is 2. The van der Waals surface area contributed by atoms with Crippen molar-refractivity contribution in [2.45, 2.75) is 13.3 Å². The number of rotatable bonds is 6. The van der Waals surface area contributed by atoms with Gasteiger partial charge in [0.2, 0.25) is 0 Å². The Morgan fingerprint density at radius 1 is 0.969 bits per heavy atom. The van der Waals surface area contributed by atoms with E-state index in [0.29, 0.717) is 34.1 Å². The zero-order valence-electron chi connectivity index (χ0n) is 17.5. The summed E-state index contributed by atoms with van der Waals surface area (Å²) in [5.41, 5.74) is 3.79. The molecule has 0 unspecified atom stereocenters. The lowest BCUT2D eigenvalue weighted by Crippen LogP contribution is -2.13. The van der Waals surface area contributed by atoms with Crippen molar-refractivity contribution in [2.24, 2.45) is 0 Å². The van der Waals surface area contributed by atoms with Crippen molar-refractivity contribution in [3.8, 4) is 11.3 Å². The number of nitrogens with zero attached hydrogens (tertiary/aromatic N) is 1. The normalized spacial score (nSPS) is 10.7. The van der Waals surface area contributed by atoms with Gasteiger partial charge in [0.25, 0.3) is 5.91 Å². The van der Waals surface area contributed by atoms with Crippen molar-refractivity contribution in [3.05, 3.63) is 95.0 Å². The maximum atomic E-state index is 13.2. The maximum absolute atomic E-state index is 13.2. The number of esters is 1. The first-order valence-electron chi connectivity index (χ1n) is 10.3. The number of halogens is 1. The third-order valence-corrected chi connectivity index (χ3v) is 5.17. The Hall–Kier alpha value is -3.70. The van der Waals surface area contributed by atoms with E-state index in [1.807, 2.05) is 43.3 Å². The van der Waals surface area contributed by atoms with E-state index in [1.54, 1.807) is 42.5 Å². The molecule has 32 heavy (non-hydrogen) atoms. The monoisotopic (exact) mass is 444 g/mol. The second kappa shape index (κ2) is 9.62. The summed E-state index contributed by atoms with van der Waals surface area (Å²) in [6.07, 6.45) is 0.762. The minimum Gasteiger partial charge on any atom is -0.462 e. The summed E-state index contributed by atoms with van der Waals surface area (Å²) in [4.78, 5) is 29.9. The number of anilines is 1. The average molecular weight is 445 g/mol. The molecule has 6 heteroatoms. The number of hydrogen-bond donors (Lipinski definition) is 1. The van der Waals surface area contributed by atoms with Gasteiger partial charge in [0, 0.05) is 21.7 Å². The molecule has 0 radical (unpaired) electrons. The van der Waals surface area contributed by atoms with Gasteiger partial charge in [0.15, 0.2) is 0 Å². The highest BCUT2D eigenvalue weighted by Gasteiger charge is 2.15. The highest BCUT2D eigenvalue weighted by atomic mass is 35.5. The molecule has 0 bridgehead atoms. The number of pyridine rings is 1. The first kappa shape index (κ1) is 21.5. The SMILES string of the molecule is CCCOC(=O)c1ccc(NC(=O)c2cc(-c3ccc(Cl)cc3)nc3ccccc23)cc1. The number of aromatic nitrogens is 1. The van der Waals surface area contributed by atoms with Gasteiger partial charge in [-0.2, -0.15) is 0 Å². The minimum absolute atomic E-state index is 0.264. The third-order valence-electron chi connectivity index (χ3n) is 4.92. The van der Waals surface area contributed by atoms with Gasteiger partial charge < -0.3 is 10.1 Å². The van der Waals surface area contributed by atoms with Crippen LogP contribution in [0, 0.1) is 0 Å². The summed E-state index contributed by atoms with van der Waals surface area (Å²) >= 11 is 6.01. The Kier molecular flexibility index (Phi) is 6.47. The molecular weight excluding hydrogens is 424 g/mol. The van der Waals surface area contributed by atoms with Crippen LogP contribution < -0.4 is 5.32 Å². The van der Waals surface area contributed by atoms with Crippen LogP contribution in [0.15, 0.2) is 78.9 Å². The number of ether oxygens (including phenoxy) is 1. The molecule has 1 aromatic heterocycles. The van der Waals surface area contributed by atoms with Crippen LogP contribution >= 0.6 is 11.6 Å². The molecule has 3 aromatic carbocycles. The molecule has 1 heterocycles. The third kappa shape index (κ3) is 4.79. The Bertz CT molecular complexity index is 1270. The fraction of sp³-hybridized carbons (Fsp3) is 0.115. The molecule has 0 aliphatic rings. The number of benzene rings is 3. The van der Waals surface area contributed by atoms with Crippen LogP contribution in [0.1, 0.15) is 34.1 Å². The van der Waals surface area contributed by atoms with Crippen LogP contribution in [0.3, 0.4) is 0 Å². The van der Waals surface area contributed by atoms with Crippen molar-refractivity contribution < 1.29 is 14.3 Å². The van der Waals surface area contributed by atoms with Crippen LogP contribution in [-0.4, -0.2) is 23.5 Å². The summed E-state index contributed by atoms with van der Waals surface area (Å²) in [5.74, 6) is -0.641. The van der Waals surface area contributed by atoms with Crippen molar-refractivity contribution in [2.75, 3.05) is 11.9 Å². The molecule has 0 aliphatic heterocycles. The van der Waals surface area contributed by atoms with Crippen LogP contribution in [0.4, 0.5) is 5.69 Å². The second-order valence-electron chi connectivity index (χ2n) is 7.25. The fourth-order valence-corrected chi connectivity index (χ4v) is 3.42. The highest BCUT2D eigenvalue weighted by molar-refractivity contribution is 6.30. The zero-order chi connectivity index (χ0) is 22.5. The zero-order valence-corrected chi connectivity index (χ0v) is 18.2. The molecular formula is C26H21ClN2O3. The smallest absolute Gasteiger partial charge is 0.338 e. The summed E-state index contributed by atoms with van der Waals surface area (Å²) in [6.45, 7) is 2.31. The molecule has 0 aliphatic carbocycles. The van der Waals surface area contributed by atoms with Gasteiger partial charge in [-0.1, -0.05) is 48.9 Å². The van der Waals surface area contributed by atoms with Gasteiger partial charge in [-0.05, 0) is 55.0 Å². The number of nitrogens with one attached hydrogen (secondary N) is 1. The van der Waals surface area contributed by atoms with Crippen LogP contribution in [0.2, 0.25) is 5.02 Å². The summed E-state index contributed by atoms with van der Waals surface area (Å²) in [7, 11) is 0. The highest BCUT2D eigenvalue weighted by Crippen LogP contribution is 2.26. The Balaban J connectivity index is 1.63. The Morgan fingerprint density at radius 2 is 1.69 bits per heavy atom. The lowest BCUT2D eigenvalue weighted by atomic mass is 10.0. The molecule has 0 fully saturated rings. The fourth-order valence-electron chi connectivity index (χ4n) is 3.30.